The van der Waals surface area contributed by atoms with Gasteiger partial charge in [-0.2, -0.15) is 0 Å². The number of carbonyl (C=O) groups is 2. The van der Waals surface area contributed by atoms with Crippen molar-refractivity contribution in [3.8, 4) is 0 Å². The Bertz CT molecular complexity index is 1170. The van der Waals surface area contributed by atoms with E-state index in [1.54, 1.807) is 22.8 Å². The van der Waals surface area contributed by atoms with Crippen molar-refractivity contribution in [2.24, 2.45) is 0 Å². The third-order valence-electron chi connectivity index (χ3n) is 4.85. The second-order valence-electron chi connectivity index (χ2n) is 7.61. The van der Waals surface area contributed by atoms with E-state index in [-0.39, 0.29) is 23.8 Å². The summed E-state index contributed by atoms with van der Waals surface area (Å²) in [5, 5.41) is 14.2. The number of nitrogens with zero attached hydrogens (tertiary/aromatic N) is 3. The number of nitrogens with one attached hydrogen (secondary N) is 2. The van der Waals surface area contributed by atoms with Crippen LogP contribution in [0.25, 0.3) is 0 Å². The maximum Gasteiger partial charge on any atom is 0.234 e. The van der Waals surface area contributed by atoms with E-state index in [1.165, 1.54) is 23.9 Å². The Balaban J connectivity index is 1.65. The summed E-state index contributed by atoms with van der Waals surface area (Å²) in [5.74, 6) is -0.570. The van der Waals surface area contributed by atoms with Crippen LogP contribution < -0.4 is 10.6 Å². The van der Waals surface area contributed by atoms with Gasteiger partial charge in [0.15, 0.2) is 5.16 Å². The molecule has 0 aliphatic carbocycles. The van der Waals surface area contributed by atoms with Crippen molar-refractivity contribution in [1.29, 1.82) is 0 Å². The summed E-state index contributed by atoms with van der Waals surface area (Å²) in [6.07, 6.45) is 1.56. The van der Waals surface area contributed by atoms with Crippen molar-refractivity contribution in [2.45, 2.75) is 38.9 Å². The molecule has 0 saturated carbocycles. The molecule has 0 saturated heterocycles. The Kier molecular flexibility index (Phi) is 8.00. The molecule has 1 heterocycles. The van der Waals surface area contributed by atoms with Gasteiger partial charge in [0.2, 0.25) is 11.8 Å². The monoisotopic (exact) mass is 467 g/mol. The molecule has 3 rings (SSSR count). The van der Waals surface area contributed by atoms with E-state index < -0.39 is 11.7 Å². The van der Waals surface area contributed by atoms with Crippen molar-refractivity contribution in [2.75, 3.05) is 16.4 Å². The fraction of sp³-hybridized carbons (Fsp3) is 0.250. The Morgan fingerprint density at radius 2 is 1.79 bits per heavy atom. The SMILES string of the molecule is C=CCn1c(CC(=O)Nc2ccccc2F)nnc1SCC(=O)Nc1c(C)cc(C)cc1C. The highest BCUT2D eigenvalue weighted by atomic mass is 32.2. The molecule has 0 aliphatic heterocycles. The molecule has 0 bridgehead atoms. The number of aromatic nitrogens is 3. The lowest BCUT2D eigenvalue weighted by Gasteiger charge is -2.13. The summed E-state index contributed by atoms with van der Waals surface area (Å²) in [5.41, 5.74) is 4.06. The Morgan fingerprint density at radius 3 is 2.45 bits per heavy atom. The van der Waals surface area contributed by atoms with E-state index >= 15 is 0 Å². The Hall–Kier alpha value is -3.46. The second-order valence-corrected chi connectivity index (χ2v) is 8.56. The lowest BCUT2D eigenvalue weighted by Crippen LogP contribution is -2.19. The molecule has 0 atom stereocenters. The average molecular weight is 468 g/mol. The largest absolute Gasteiger partial charge is 0.325 e. The van der Waals surface area contributed by atoms with Crippen LogP contribution in [0.1, 0.15) is 22.5 Å². The van der Waals surface area contributed by atoms with Gasteiger partial charge in [-0.25, -0.2) is 4.39 Å². The first-order valence-electron chi connectivity index (χ1n) is 10.4. The molecule has 33 heavy (non-hydrogen) atoms. The predicted molar refractivity (Wildman–Crippen MR) is 129 cm³/mol. The molecule has 2 amide bonds. The lowest BCUT2D eigenvalue weighted by molar-refractivity contribution is -0.116. The van der Waals surface area contributed by atoms with Crippen molar-refractivity contribution < 1.29 is 14.0 Å². The molecule has 0 radical (unpaired) electrons. The van der Waals surface area contributed by atoms with Crippen LogP contribution in [0.3, 0.4) is 0 Å². The van der Waals surface area contributed by atoms with Crippen molar-refractivity contribution in [3.05, 3.63) is 77.4 Å². The molecule has 172 valence electrons. The van der Waals surface area contributed by atoms with Gasteiger partial charge in [0.25, 0.3) is 0 Å². The summed E-state index contributed by atoms with van der Waals surface area (Å²) < 4.78 is 15.5. The topological polar surface area (TPSA) is 88.9 Å². The van der Waals surface area contributed by atoms with Gasteiger partial charge in [0.1, 0.15) is 11.6 Å². The van der Waals surface area contributed by atoms with Gasteiger partial charge in [-0.1, -0.05) is 47.7 Å². The van der Waals surface area contributed by atoms with Crippen LogP contribution in [0.4, 0.5) is 15.8 Å². The number of hydrogen-bond donors (Lipinski definition) is 2. The van der Waals surface area contributed by atoms with Crippen LogP contribution in [-0.2, 0) is 22.6 Å². The van der Waals surface area contributed by atoms with Gasteiger partial charge >= 0.3 is 0 Å². The lowest BCUT2D eigenvalue weighted by atomic mass is 10.1. The fourth-order valence-corrected chi connectivity index (χ4v) is 4.22. The zero-order valence-electron chi connectivity index (χ0n) is 18.8. The van der Waals surface area contributed by atoms with E-state index in [2.05, 4.69) is 27.4 Å². The van der Waals surface area contributed by atoms with Crippen LogP contribution in [0.5, 0.6) is 0 Å². The minimum absolute atomic E-state index is 0.0936. The van der Waals surface area contributed by atoms with Gasteiger partial charge in [0, 0.05) is 12.2 Å². The zero-order valence-corrected chi connectivity index (χ0v) is 19.6. The first-order valence-corrected chi connectivity index (χ1v) is 11.3. The third kappa shape index (κ3) is 6.29. The van der Waals surface area contributed by atoms with Gasteiger partial charge in [-0.15, -0.1) is 16.8 Å². The number of anilines is 2. The number of benzene rings is 2. The molecule has 7 nitrogen and oxygen atoms in total. The number of hydrogen-bond acceptors (Lipinski definition) is 5. The normalized spacial score (nSPS) is 10.7. The van der Waals surface area contributed by atoms with Gasteiger partial charge in [0.05, 0.1) is 17.9 Å². The smallest absolute Gasteiger partial charge is 0.234 e. The van der Waals surface area contributed by atoms with E-state index in [0.29, 0.717) is 17.5 Å². The first-order chi connectivity index (χ1) is 15.8. The molecule has 1 aromatic heterocycles. The number of allylic oxidation sites excluding steroid dienone is 1. The summed E-state index contributed by atoms with van der Waals surface area (Å²) >= 11 is 1.22. The highest BCUT2D eigenvalue weighted by Gasteiger charge is 2.17. The molecule has 0 unspecified atom stereocenters. The number of para-hydroxylation sites is 1. The summed E-state index contributed by atoms with van der Waals surface area (Å²) in [4.78, 5) is 25.0. The molecule has 2 aromatic carbocycles. The average Bonchev–Trinajstić information content (AvgIpc) is 3.12. The van der Waals surface area contributed by atoms with Gasteiger partial charge in [-0.3, -0.25) is 9.59 Å². The van der Waals surface area contributed by atoms with Crippen molar-refractivity contribution >= 4 is 35.0 Å². The number of aryl methyl sites for hydroxylation is 3. The molecule has 0 spiro atoms. The van der Waals surface area contributed by atoms with Crippen LogP contribution in [0.2, 0.25) is 0 Å². The molecular formula is C24H26FN5O2S. The number of amides is 2. The number of halogens is 1. The third-order valence-corrected chi connectivity index (χ3v) is 5.81. The highest BCUT2D eigenvalue weighted by molar-refractivity contribution is 7.99. The summed E-state index contributed by atoms with van der Waals surface area (Å²) in [6.45, 7) is 10.0. The fourth-order valence-electron chi connectivity index (χ4n) is 3.45. The standard InChI is InChI=1S/C24H26FN5O2S/c1-5-10-30-20(13-21(31)26-19-9-7-6-8-18(19)25)28-29-24(30)33-14-22(32)27-23-16(3)11-15(2)12-17(23)4/h5-9,11-12H,1,10,13-14H2,2-4H3,(H,26,31)(H,27,32). The Morgan fingerprint density at radius 1 is 1.09 bits per heavy atom. The van der Waals surface area contributed by atoms with E-state index in [1.807, 2.05) is 32.9 Å². The van der Waals surface area contributed by atoms with E-state index in [9.17, 15) is 14.0 Å². The van der Waals surface area contributed by atoms with Crippen LogP contribution in [0.15, 0.2) is 54.2 Å². The summed E-state index contributed by atoms with van der Waals surface area (Å²) in [6, 6.07) is 9.99. The van der Waals surface area contributed by atoms with E-state index in [4.69, 9.17) is 0 Å². The minimum atomic E-state index is -0.514. The second kappa shape index (κ2) is 10.9. The van der Waals surface area contributed by atoms with Crippen LogP contribution >= 0.6 is 11.8 Å². The zero-order chi connectivity index (χ0) is 24.0. The molecule has 2 N–H and O–H groups in total. The maximum atomic E-state index is 13.8. The minimum Gasteiger partial charge on any atom is -0.325 e. The predicted octanol–water partition coefficient (Wildman–Crippen LogP) is 4.44. The number of thioether (sulfide) groups is 1. The van der Waals surface area contributed by atoms with Crippen LogP contribution in [0, 0.1) is 26.6 Å². The Labute approximate surface area is 196 Å². The van der Waals surface area contributed by atoms with Gasteiger partial charge in [-0.05, 0) is 44.0 Å². The highest BCUT2D eigenvalue weighted by Crippen LogP contribution is 2.23. The van der Waals surface area contributed by atoms with Crippen LogP contribution in [-0.4, -0.2) is 32.3 Å². The number of carbonyl (C=O) groups excluding carboxylic acids is 2. The first kappa shape index (κ1) is 24.2. The summed E-state index contributed by atoms with van der Waals surface area (Å²) in [7, 11) is 0. The van der Waals surface area contributed by atoms with Crippen molar-refractivity contribution in [1.82, 2.24) is 14.8 Å². The van der Waals surface area contributed by atoms with Gasteiger partial charge < -0.3 is 15.2 Å². The van der Waals surface area contributed by atoms with E-state index in [0.717, 1.165) is 22.4 Å². The molecule has 9 heteroatoms. The quantitative estimate of drug-likeness (QED) is 0.359. The molecule has 0 fully saturated rings. The molecule has 3 aromatic rings. The molecular weight excluding hydrogens is 441 g/mol. The maximum absolute atomic E-state index is 13.8. The van der Waals surface area contributed by atoms with Crippen molar-refractivity contribution in [3.63, 3.8) is 0 Å². The number of rotatable bonds is 9. The molecule has 0 aliphatic rings.